The van der Waals surface area contributed by atoms with Gasteiger partial charge in [0.15, 0.2) is 0 Å². The van der Waals surface area contributed by atoms with Crippen LogP contribution in [-0.2, 0) is 0 Å². The molecule has 17 heavy (non-hydrogen) atoms. The Labute approximate surface area is 106 Å². The highest BCUT2D eigenvalue weighted by atomic mass is 35.5. The van der Waals surface area contributed by atoms with Crippen LogP contribution in [0.2, 0.25) is 10.0 Å². The molecule has 88 valence electrons. The molecule has 0 saturated heterocycles. The fourth-order valence-electron chi connectivity index (χ4n) is 1.22. The van der Waals surface area contributed by atoms with E-state index in [1.54, 1.807) is 0 Å². The van der Waals surface area contributed by atoms with Gasteiger partial charge >= 0.3 is 0 Å². The van der Waals surface area contributed by atoms with Crippen LogP contribution in [-0.4, -0.2) is 16.1 Å². The van der Waals surface area contributed by atoms with Gasteiger partial charge in [-0.05, 0) is 12.1 Å². The predicted octanol–water partition coefficient (Wildman–Crippen LogP) is 3.11. The zero-order valence-corrected chi connectivity index (χ0v) is 9.81. The van der Waals surface area contributed by atoms with Crippen LogP contribution in [0, 0.1) is 5.82 Å². The van der Waals surface area contributed by atoms with E-state index >= 15 is 0 Å². The van der Waals surface area contributed by atoms with E-state index in [9.17, 15) is 9.18 Å². The van der Waals surface area contributed by atoms with Crippen LogP contribution in [0.25, 0.3) is 0 Å². The number of rotatable bonds is 2. The first-order valence-electron chi connectivity index (χ1n) is 4.52. The summed E-state index contributed by atoms with van der Waals surface area (Å²) in [6, 6.07) is 2.14. The van der Waals surface area contributed by atoms with Gasteiger partial charge in [0.1, 0.15) is 5.82 Å². The van der Waals surface area contributed by atoms with Crippen molar-refractivity contribution in [2.75, 3.05) is 5.32 Å². The number of carbonyl (C=O) groups is 1. The van der Waals surface area contributed by atoms with Crippen LogP contribution >= 0.6 is 23.2 Å². The van der Waals surface area contributed by atoms with Gasteiger partial charge in [0, 0.05) is 6.20 Å². The summed E-state index contributed by atoms with van der Waals surface area (Å²) in [5, 5.41) is 8.68. The van der Waals surface area contributed by atoms with Crippen molar-refractivity contribution in [2.45, 2.75) is 0 Å². The van der Waals surface area contributed by atoms with Gasteiger partial charge in [-0.1, -0.05) is 23.2 Å². The van der Waals surface area contributed by atoms with E-state index in [2.05, 4.69) is 15.5 Å². The van der Waals surface area contributed by atoms with E-state index in [1.807, 2.05) is 0 Å². The highest BCUT2D eigenvalue weighted by Gasteiger charge is 2.13. The molecule has 2 rings (SSSR count). The molecular weight excluding hydrogens is 268 g/mol. The molecule has 0 unspecified atom stereocenters. The first kappa shape index (κ1) is 11.9. The third-order valence-corrected chi connectivity index (χ3v) is 2.60. The number of aromatic amines is 1. The number of aromatic nitrogens is 2. The predicted molar refractivity (Wildman–Crippen MR) is 63.0 cm³/mol. The lowest BCUT2D eigenvalue weighted by molar-refractivity contribution is 0.102. The van der Waals surface area contributed by atoms with Gasteiger partial charge in [0.25, 0.3) is 5.91 Å². The minimum atomic E-state index is -0.568. The Bertz CT molecular complexity index is 534. The fourth-order valence-corrected chi connectivity index (χ4v) is 1.78. The number of benzene rings is 1. The number of anilines is 1. The molecule has 1 aromatic carbocycles. The molecule has 1 amide bonds. The monoisotopic (exact) mass is 273 g/mol. The van der Waals surface area contributed by atoms with Crippen LogP contribution in [0.3, 0.4) is 0 Å². The van der Waals surface area contributed by atoms with Gasteiger partial charge in [-0.3, -0.25) is 9.89 Å². The fraction of sp³-hybridized carbons (Fsp3) is 0. The molecular formula is C10H6Cl2FN3O. The molecule has 0 spiro atoms. The largest absolute Gasteiger partial charge is 0.319 e. The van der Waals surface area contributed by atoms with Crippen LogP contribution in [0.4, 0.5) is 10.1 Å². The van der Waals surface area contributed by atoms with E-state index in [0.717, 1.165) is 12.1 Å². The maximum atomic E-state index is 12.9. The summed E-state index contributed by atoms with van der Waals surface area (Å²) in [5.74, 6) is -1.00. The summed E-state index contributed by atoms with van der Waals surface area (Å²) >= 11 is 11.6. The van der Waals surface area contributed by atoms with Gasteiger partial charge in [0.05, 0.1) is 27.5 Å². The summed E-state index contributed by atoms with van der Waals surface area (Å²) in [6.45, 7) is 0. The number of carbonyl (C=O) groups excluding carboxylic acids is 1. The average molecular weight is 274 g/mol. The highest BCUT2D eigenvalue weighted by molar-refractivity contribution is 6.40. The summed E-state index contributed by atoms with van der Waals surface area (Å²) < 4.78 is 12.9. The second kappa shape index (κ2) is 4.73. The average Bonchev–Trinajstić information content (AvgIpc) is 2.76. The lowest BCUT2D eigenvalue weighted by atomic mass is 10.2. The van der Waals surface area contributed by atoms with Crippen LogP contribution in [0.1, 0.15) is 10.4 Å². The molecule has 2 N–H and O–H groups in total. The normalized spacial score (nSPS) is 10.3. The molecule has 0 bridgehead atoms. The number of hydrogen-bond acceptors (Lipinski definition) is 2. The minimum absolute atomic E-state index is 0.0341. The summed E-state index contributed by atoms with van der Waals surface area (Å²) in [6.07, 6.45) is 2.77. The third-order valence-electron chi connectivity index (χ3n) is 2.01. The third kappa shape index (κ3) is 2.57. The standard InChI is InChI=1S/C10H6Cl2FN3O/c11-7-1-6(13)2-8(12)9(7)16-10(17)5-3-14-15-4-5/h1-4H,(H,14,15)(H,16,17). The van der Waals surface area contributed by atoms with E-state index in [-0.39, 0.29) is 15.7 Å². The summed E-state index contributed by atoms with van der Waals surface area (Å²) in [4.78, 5) is 11.7. The molecule has 0 aliphatic carbocycles. The molecule has 7 heteroatoms. The number of amides is 1. The van der Waals surface area contributed by atoms with Gasteiger partial charge in [-0.15, -0.1) is 0 Å². The number of halogens is 3. The Balaban J connectivity index is 2.28. The molecule has 1 aromatic heterocycles. The number of nitrogens with zero attached hydrogens (tertiary/aromatic N) is 1. The van der Waals surface area contributed by atoms with Crippen molar-refractivity contribution in [1.82, 2.24) is 10.2 Å². The number of H-pyrrole nitrogens is 1. The van der Waals surface area contributed by atoms with Crippen molar-refractivity contribution in [3.05, 3.63) is 46.0 Å². The number of hydrogen-bond donors (Lipinski definition) is 2. The molecule has 0 aliphatic rings. The van der Waals surface area contributed by atoms with Crippen molar-refractivity contribution in [1.29, 1.82) is 0 Å². The Hall–Kier alpha value is -1.59. The van der Waals surface area contributed by atoms with E-state index in [4.69, 9.17) is 23.2 Å². The highest BCUT2D eigenvalue weighted by Crippen LogP contribution is 2.31. The Morgan fingerprint density at radius 1 is 1.35 bits per heavy atom. The van der Waals surface area contributed by atoms with Crippen molar-refractivity contribution in [3.63, 3.8) is 0 Å². The summed E-state index contributed by atoms with van der Waals surface area (Å²) in [5.41, 5.74) is 0.488. The van der Waals surface area contributed by atoms with Crippen molar-refractivity contribution in [3.8, 4) is 0 Å². The van der Waals surface area contributed by atoms with Crippen molar-refractivity contribution in [2.24, 2.45) is 0 Å². The first-order chi connectivity index (χ1) is 8.08. The van der Waals surface area contributed by atoms with E-state index in [1.165, 1.54) is 12.4 Å². The second-order valence-electron chi connectivity index (χ2n) is 3.19. The van der Waals surface area contributed by atoms with E-state index in [0.29, 0.717) is 5.56 Å². The van der Waals surface area contributed by atoms with Crippen molar-refractivity contribution >= 4 is 34.8 Å². The second-order valence-corrected chi connectivity index (χ2v) is 4.00. The minimum Gasteiger partial charge on any atom is -0.319 e. The van der Waals surface area contributed by atoms with Crippen LogP contribution < -0.4 is 5.32 Å². The van der Waals surface area contributed by atoms with Gasteiger partial charge < -0.3 is 5.32 Å². The van der Waals surface area contributed by atoms with Crippen LogP contribution in [0.5, 0.6) is 0 Å². The first-order valence-corrected chi connectivity index (χ1v) is 5.28. The summed E-state index contributed by atoms with van der Waals surface area (Å²) in [7, 11) is 0. The zero-order valence-electron chi connectivity index (χ0n) is 8.30. The van der Waals surface area contributed by atoms with Crippen LogP contribution in [0.15, 0.2) is 24.5 Å². The number of nitrogens with one attached hydrogen (secondary N) is 2. The molecule has 1 heterocycles. The maximum Gasteiger partial charge on any atom is 0.258 e. The maximum absolute atomic E-state index is 12.9. The zero-order chi connectivity index (χ0) is 12.4. The Kier molecular flexibility index (Phi) is 3.31. The molecule has 0 fully saturated rings. The molecule has 4 nitrogen and oxygen atoms in total. The van der Waals surface area contributed by atoms with Gasteiger partial charge in [-0.2, -0.15) is 5.10 Å². The van der Waals surface area contributed by atoms with Gasteiger partial charge in [0.2, 0.25) is 0 Å². The Morgan fingerprint density at radius 3 is 2.53 bits per heavy atom. The molecule has 0 radical (unpaired) electrons. The SMILES string of the molecule is O=C(Nc1c(Cl)cc(F)cc1Cl)c1cn[nH]c1. The molecule has 0 atom stereocenters. The topological polar surface area (TPSA) is 57.8 Å². The lowest BCUT2D eigenvalue weighted by Gasteiger charge is -2.08. The quantitative estimate of drug-likeness (QED) is 0.883. The van der Waals surface area contributed by atoms with Gasteiger partial charge in [-0.25, -0.2) is 4.39 Å². The molecule has 0 aliphatic heterocycles. The smallest absolute Gasteiger partial charge is 0.258 e. The Morgan fingerprint density at radius 2 is 2.00 bits per heavy atom. The van der Waals surface area contributed by atoms with E-state index < -0.39 is 11.7 Å². The lowest BCUT2D eigenvalue weighted by Crippen LogP contribution is -2.11. The molecule has 0 saturated carbocycles. The van der Waals surface area contributed by atoms with Crippen molar-refractivity contribution < 1.29 is 9.18 Å². The molecule has 2 aromatic rings.